The number of H-pyrrole nitrogens is 1. The number of rotatable bonds is 3. The first-order chi connectivity index (χ1) is 7.18. The maximum atomic E-state index is 5.86. The number of nitrogens with zero attached hydrogens (tertiary/aromatic N) is 1. The maximum absolute atomic E-state index is 5.86. The third kappa shape index (κ3) is 2.15. The summed E-state index contributed by atoms with van der Waals surface area (Å²) in [7, 11) is 0. The van der Waals surface area contributed by atoms with Crippen molar-refractivity contribution in [1.82, 2.24) is 10.2 Å². The summed E-state index contributed by atoms with van der Waals surface area (Å²) in [6, 6.07) is 0. The van der Waals surface area contributed by atoms with Gasteiger partial charge in [0.25, 0.3) is 0 Å². The number of hydrogen-bond acceptors (Lipinski definition) is 3. The Morgan fingerprint density at radius 2 is 2.40 bits per heavy atom. The molecule has 1 aliphatic heterocycles. The van der Waals surface area contributed by atoms with Gasteiger partial charge in [-0.2, -0.15) is 5.10 Å². The van der Waals surface area contributed by atoms with Gasteiger partial charge in [0.1, 0.15) is 5.82 Å². The van der Waals surface area contributed by atoms with E-state index in [4.69, 9.17) is 10.5 Å². The summed E-state index contributed by atoms with van der Waals surface area (Å²) < 4.78 is 5.65. The number of nitrogens with one attached hydrogen (secondary N) is 1. The van der Waals surface area contributed by atoms with Crippen LogP contribution in [0, 0.1) is 5.92 Å². The normalized spacial score (nSPS) is 21.4. The van der Waals surface area contributed by atoms with Gasteiger partial charge in [-0.05, 0) is 25.2 Å². The number of aromatic amines is 1. The quantitative estimate of drug-likeness (QED) is 0.800. The molecular formula is C11H19N3O. The Hall–Kier alpha value is -1.03. The lowest BCUT2D eigenvalue weighted by Crippen LogP contribution is -2.04. The standard InChI is InChI=1S/C11H19N3O/c1-7(2)6-8-10(13-14-11(8)12)9-4-3-5-15-9/h7,9H,3-6H2,1-2H3,(H3,12,13,14). The fraction of sp³-hybridized carbons (Fsp3) is 0.727. The van der Waals surface area contributed by atoms with E-state index in [2.05, 4.69) is 24.0 Å². The number of ether oxygens (including phenoxy) is 1. The number of nitrogens with two attached hydrogens (primary N) is 1. The lowest BCUT2D eigenvalue weighted by molar-refractivity contribution is 0.108. The van der Waals surface area contributed by atoms with Crippen LogP contribution in [0.3, 0.4) is 0 Å². The van der Waals surface area contributed by atoms with Crippen molar-refractivity contribution < 1.29 is 4.74 Å². The first-order valence-corrected chi connectivity index (χ1v) is 5.62. The molecule has 4 nitrogen and oxygen atoms in total. The molecule has 1 aromatic heterocycles. The number of anilines is 1. The van der Waals surface area contributed by atoms with Gasteiger partial charge in [-0.3, -0.25) is 5.10 Å². The van der Waals surface area contributed by atoms with E-state index in [0.717, 1.165) is 37.1 Å². The topological polar surface area (TPSA) is 63.9 Å². The zero-order valence-corrected chi connectivity index (χ0v) is 9.42. The van der Waals surface area contributed by atoms with Crippen molar-refractivity contribution in [3.8, 4) is 0 Å². The van der Waals surface area contributed by atoms with E-state index in [1.54, 1.807) is 0 Å². The fourth-order valence-corrected chi connectivity index (χ4v) is 2.09. The summed E-state index contributed by atoms with van der Waals surface area (Å²) in [5.41, 5.74) is 8.11. The van der Waals surface area contributed by atoms with Crippen LogP contribution < -0.4 is 5.73 Å². The summed E-state index contributed by atoms with van der Waals surface area (Å²) in [6.45, 7) is 5.22. The van der Waals surface area contributed by atoms with Gasteiger partial charge in [0.15, 0.2) is 0 Å². The minimum atomic E-state index is 0.184. The molecule has 0 bridgehead atoms. The molecule has 0 amide bonds. The molecule has 1 fully saturated rings. The van der Waals surface area contributed by atoms with Gasteiger partial charge < -0.3 is 10.5 Å². The third-order valence-corrected chi connectivity index (χ3v) is 2.80. The van der Waals surface area contributed by atoms with Gasteiger partial charge in [-0.25, -0.2) is 0 Å². The van der Waals surface area contributed by atoms with Gasteiger partial charge in [0, 0.05) is 12.2 Å². The highest BCUT2D eigenvalue weighted by atomic mass is 16.5. The molecule has 0 saturated carbocycles. The summed E-state index contributed by atoms with van der Waals surface area (Å²) >= 11 is 0. The van der Waals surface area contributed by atoms with Crippen molar-refractivity contribution in [2.24, 2.45) is 5.92 Å². The predicted octanol–water partition coefficient (Wildman–Crippen LogP) is 2.04. The average molecular weight is 209 g/mol. The largest absolute Gasteiger partial charge is 0.382 e. The molecular weight excluding hydrogens is 190 g/mol. The minimum absolute atomic E-state index is 0.184. The summed E-state index contributed by atoms with van der Waals surface area (Å²) in [4.78, 5) is 0. The first kappa shape index (κ1) is 10.5. The van der Waals surface area contributed by atoms with Crippen LogP contribution in [0.4, 0.5) is 5.82 Å². The SMILES string of the molecule is CC(C)Cc1c(N)n[nH]c1C1CCCO1. The molecule has 4 heteroatoms. The first-order valence-electron chi connectivity index (χ1n) is 5.62. The smallest absolute Gasteiger partial charge is 0.148 e. The third-order valence-electron chi connectivity index (χ3n) is 2.80. The molecule has 1 saturated heterocycles. The van der Waals surface area contributed by atoms with Gasteiger partial charge in [0.05, 0.1) is 11.8 Å². The van der Waals surface area contributed by atoms with Crippen molar-refractivity contribution in [3.63, 3.8) is 0 Å². The van der Waals surface area contributed by atoms with E-state index in [9.17, 15) is 0 Å². The molecule has 15 heavy (non-hydrogen) atoms. The van der Waals surface area contributed by atoms with Crippen LogP contribution in [-0.4, -0.2) is 16.8 Å². The number of hydrogen-bond donors (Lipinski definition) is 2. The molecule has 1 atom stereocenters. The van der Waals surface area contributed by atoms with Gasteiger partial charge >= 0.3 is 0 Å². The van der Waals surface area contributed by atoms with Crippen LogP contribution in [0.25, 0.3) is 0 Å². The molecule has 1 unspecified atom stereocenters. The number of nitrogen functional groups attached to an aromatic ring is 1. The lowest BCUT2D eigenvalue weighted by Gasteiger charge is -2.11. The second-order valence-electron chi connectivity index (χ2n) is 4.60. The van der Waals surface area contributed by atoms with Crippen molar-refractivity contribution in [3.05, 3.63) is 11.3 Å². The molecule has 0 aliphatic carbocycles. The highest BCUT2D eigenvalue weighted by Gasteiger charge is 2.24. The van der Waals surface area contributed by atoms with Crippen LogP contribution in [0.5, 0.6) is 0 Å². The Morgan fingerprint density at radius 3 is 3.00 bits per heavy atom. The fourth-order valence-electron chi connectivity index (χ4n) is 2.09. The average Bonchev–Trinajstić information content (AvgIpc) is 2.76. The second-order valence-corrected chi connectivity index (χ2v) is 4.60. The zero-order valence-electron chi connectivity index (χ0n) is 9.42. The van der Waals surface area contributed by atoms with E-state index in [1.807, 2.05) is 0 Å². The predicted molar refractivity (Wildman–Crippen MR) is 59.5 cm³/mol. The Labute approximate surface area is 90.2 Å². The van der Waals surface area contributed by atoms with Crippen LogP contribution in [0.1, 0.15) is 44.1 Å². The van der Waals surface area contributed by atoms with Crippen molar-refractivity contribution in [2.75, 3.05) is 12.3 Å². The summed E-state index contributed by atoms with van der Waals surface area (Å²) in [5, 5.41) is 7.11. The monoisotopic (exact) mass is 209 g/mol. The molecule has 84 valence electrons. The van der Waals surface area contributed by atoms with Crippen molar-refractivity contribution >= 4 is 5.82 Å². The lowest BCUT2D eigenvalue weighted by atomic mass is 9.99. The highest BCUT2D eigenvalue weighted by molar-refractivity contribution is 5.43. The molecule has 3 N–H and O–H groups in total. The van der Waals surface area contributed by atoms with E-state index >= 15 is 0 Å². The number of aromatic nitrogens is 2. The second kappa shape index (κ2) is 4.23. The van der Waals surface area contributed by atoms with Crippen molar-refractivity contribution in [1.29, 1.82) is 0 Å². The molecule has 0 spiro atoms. The van der Waals surface area contributed by atoms with E-state index in [0.29, 0.717) is 11.7 Å². The Balaban J connectivity index is 2.22. The molecule has 2 rings (SSSR count). The zero-order chi connectivity index (χ0) is 10.8. The van der Waals surface area contributed by atoms with Crippen LogP contribution in [0.15, 0.2) is 0 Å². The Kier molecular flexibility index (Phi) is 2.95. The molecule has 2 heterocycles. The molecule has 0 aromatic carbocycles. The van der Waals surface area contributed by atoms with Crippen LogP contribution in [-0.2, 0) is 11.2 Å². The molecule has 1 aliphatic rings. The molecule has 0 radical (unpaired) electrons. The van der Waals surface area contributed by atoms with Gasteiger partial charge in [0.2, 0.25) is 0 Å². The van der Waals surface area contributed by atoms with E-state index < -0.39 is 0 Å². The summed E-state index contributed by atoms with van der Waals surface area (Å²) in [6.07, 6.45) is 3.36. The van der Waals surface area contributed by atoms with Gasteiger partial charge in [-0.1, -0.05) is 13.8 Å². The highest BCUT2D eigenvalue weighted by Crippen LogP contribution is 2.32. The Morgan fingerprint density at radius 1 is 1.60 bits per heavy atom. The van der Waals surface area contributed by atoms with E-state index in [1.165, 1.54) is 0 Å². The minimum Gasteiger partial charge on any atom is -0.382 e. The molecule has 1 aromatic rings. The van der Waals surface area contributed by atoms with Crippen LogP contribution in [0.2, 0.25) is 0 Å². The van der Waals surface area contributed by atoms with Crippen LogP contribution >= 0.6 is 0 Å². The van der Waals surface area contributed by atoms with Gasteiger partial charge in [-0.15, -0.1) is 0 Å². The van der Waals surface area contributed by atoms with E-state index in [-0.39, 0.29) is 6.10 Å². The Bertz CT molecular complexity index is 327. The summed E-state index contributed by atoms with van der Waals surface area (Å²) in [5.74, 6) is 1.22. The van der Waals surface area contributed by atoms with Crippen molar-refractivity contribution in [2.45, 2.75) is 39.2 Å². The maximum Gasteiger partial charge on any atom is 0.148 e.